The molecule has 10 nitrogen and oxygen atoms in total. The minimum atomic E-state index is -0.744. The van der Waals surface area contributed by atoms with Crippen LogP contribution in [0.2, 0.25) is 0 Å². The van der Waals surface area contributed by atoms with Gasteiger partial charge in [0.05, 0.1) is 11.3 Å². The van der Waals surface area contributed by atoms with Crippen LogP contribution in [0.4, 0.5) is 17.1 Å². The van der Waals surface area contributed by atoms with E-state index in [4.69, 9.17) is 4.74 Å². The van der Waals surface area contributed by atoms with E-state index >= 15 is 0 Å². The van der Waals surface area contributed by atoms with Gasteiger partial charge in [0.15, 0.2) is 12.4 Å². The average Bonchev–Trinajstić information content (AvgIpc) is 2.71. The third-order valence-electron chi connectivity index (χ3n) is 3.84. The highest BCUT2D eigenvalue weighted by atomic mass is 16.6. The zero-order chi connectivity index (χ0) is 22.1. The van der Waals surface area contributed by atoms with E-state index in [2.05, 4.69) is 10.6 Å². The van der Waals surface area contributed by atoms with E-state index in [1.54, 1.807) is 24.3 Å². The zero-order valence-corrected chi connectivity index (χ0v) is 16.0. The van der Waals surface area contributed by atoms with Gasteiger partial charge in [0.2, 0.25) is 5.91 Å². The molecule has 0 heterocycles. The smallest absolute Gasteiger partial charge is 0.306 e. The van der Waals surface area contributed by atoms with Gasteiger partial charge in [-0.25, -0.2) is 0 Å². The number of hydrogen-bond donors (Lipinski definition) is 2. The molecule has 2 rings (SSSR count). The van der Waals surface area contributed by atoms with E-state index in [0.717, 1.165) is 0 Å². The Balaban J connectivity index is 1.71. The maximum Gasteiger partial charge on any atom is 0.306 e. The molecule has 0 spiro atoms. The zero-order valence-electron chi connectivity index (χ0n) is 16.0. The number of nitro groups is 1. The molecule has 0 unspecified atom stereocenters. The van der Waals surface area contributed by atoms with E-state index in [1.165, 1.54) is 31.2 Å². The number of Topliss-reactive ketones (excluding diaryl/α,β-unsaturated/α-hetero) is 1. The fraction of sp³-hybridized carbons (Fsp3) is 0.200. The molecule has 0 aliphatic rings. The van der Waals surface area contributed by atoms with Crippen molar-refractivity contribution in [1.29, 1.82) is 0 Å². The van der Waals surface area contributed by atoms with Gasteiger partial charge in [-0.2, -0.15) is 0 Å². The average molecular weight is 413 g/mol. The van der Waals surface area contributed by atoms with Crippen molar-refractivity contribution in [2.75, 3.05) is 17.2 Å². The summed E-state index contributed by atoms with van der Waals surface area (Å²) in [7, 11) is 0. The molecule has 0 saturated carbocycles. The SMILES string of the molecule is CC(=O)c1ccc(NC(=O)COC(=O)CCC(=O)Nc2cccc([N+](=O)[O-])c2)cc1. The molecule has 0 fully saturated rings. The Morgan fingerprint density at radius 2 is 1.60 bits per heavy atom. The Kier molecular flexibility index (Phi) is 7.74. The highest BCUT2D eigenvalue weighted by molar-refractivity contribution is 5.96. The van der Waals surface area contributed by atoms with Crippen LogP contribution in [0.3, 0.4) is 0 Å². The summed E-state index contributed by atoms with van der Waals surface area (Å²) >= 11 is 0. The Morgan fingerprint density at radius 3 is 2.23 bits per heavy atom. The van der Waals surface area contributed by atoms with Crippen molar-refractivity contribution < 1.29 is 28.8 Å². The van der Waals surface area contributed by atoms with Crippen LogP contribution in [0.5, 0.6) is 0 Å². The summed E-state index contributed by atoms with van der Waals surface area (Å²) in [5.41, 5.74) is 1.01. The summed E-state index contributed by atoms with van der Waals surface area (Å²) in [5, 5.41) is 15.7. The van der Waals surface area contributed by atoms with Gasteiger partial charge in [0, 0.05) is 35.5 Å². The van der Waals surface area contributed by atoms with Gasteiger partial charge in [-0.1, -0.05) is 6.07 Å². The fourth-order valence-electron chi connectivity index (χ4n) is 2.34. The number of anilines is 2. The van der Waals surface area contributed by atoms with Crippen molar-refractivity contribution in [3.05, 3.63) is 64.2 Å². The van der Waals surface area contributed by atoms with Gasteiger partial charge in [-0.15, -0.1) is 0 Å². The largest absolute Gasteiger partial charge is 0.456 e. The van der Waals surface area contributed by atoms with Gasteiger partial charge in [-0.3, -0.25) is 29.3 Å². The monoisotopic (exact) mass is 413 g/mol. The molecular weight excluding hydrogens is 394 g/mol. The Morgan fingerprint density at radius 1 is 0.933 bits per heavy atom. The van der Waals surface area contributed by atoms with Crippen LogP contribution in [-0.4, -0.2) is 35.1 Å². The lowest BCUT2D eigenvalue weighted by molar-refractivity contribution is -0.384. The molecular formula is C20H19N3O7. The van der Waals surface area contributed by atoms with E-state index < -0.39 is 29.3 Å². The minimum absolute atomic E-state index is 0.101. The van der Waals surface area contributed by atoms with Crippen LogP contribution < -0.4 is 10.6 Å². The van der Waals surface area contributed by atoms with Crippen molar-refractivity contribution in [1.82, 2.24) is 0 Å². The molecule has 0 saturated heterocycles. The number of ketones is 1. The molecule has 0 aromatic heterocycles. The molecule has 156 valence electrons. The number of nitrogens with one attached hydrogen (secondary N) is 2. The summed E-state index contributed by atoms with van der Waals surface area (Å²) in [6.45, 7) is 0.900. The number of carbonyl (C=O) groups excluding carboxylic acids is 4. The third kappa shape index (κ3) is 7.15. The summed E-state index contributed by atoms with van der Waals surface area (Å²) in [6, 6.07) is 11.6. The second kappa shape index (κ2) is 10.5. The molecule has 0 atom stereocenters. The second-order valence-electron chi connectivity index (χ2n) is 6.20. The normalized spacial score (nSPS) is 10.0. The van der Waals surface area contributed by atoms with Crippen LogP contribution in [0.1, 0.15) is 30.1 Å². The molecule has 0 aliphatic carbocycles. The number of non-ortho nitro benzene ring substituents is 1. The topological polar surface area (TPSA) is 145 Å². The van der Waals surface area contributed by atoms with Gasteiger partial charge in [0.1, 0.15) is 0 Å². The highest BCUT2D eigenvalue weighted by Gasteiger charge is 2.12. The molecule has 10 heteroatoms. The number of rotatable bonds is 9. The molecule has 30 heavy (non-hydrogen) atoms. The lowest BCUT2D eigenvalue weighted by Crippen LogP contribution is -2.21. The molecule has 0 aliphatic heterocycles. The van der Waals surface area contributed by atoms with Crippen molar-refractivity contribution in [3.63, 3.8) is 0 Å². The predicted molar refractivity (Wildman–Crippen MR) is 107 cm³/mol. The van der Waals surface area contributed by atoms with Crippen molar-refractivity contribution in [2.45, 2.75) is 19.8 Å². The molecule has 2 N–H and O–H groups in total. The van der Waals surface area contributed by atoms with Crippen LogP contribution >= 0.6 is 0 Å². The molecule has 2 amide bonds. The maximum absolute atomic E-state index is 11.9. The number of esters is 1. The molecule has 2 aromatic carbocycles. The highest BCUT2D eigenvalue weighted by Crippen LogP contribution is 2.17. The Labute approximate surface area is 171 Å². The number of nitro benzene ring substituents is 1. The number of nitrogens with zero attached hydrogens (tertiary/aromatic N) is 1. The van der Waals surface area contributed by atoms with Crippen LogP contribution in [0.25, 0.3) is 0 Å². The summed E-state index contributed by atoms with van der Waals surface area (Å²) in [6.07, 6.45) is -0.475. The number of ether oxygens (including phenoxy) is 1. The van der Waals surface area contributed by atoms with Gasteiger partial charge >= 0.3 is 5.97 Å². The van der Waals surface area contributed by atoms with E-state index in [9.17, 15) is 29.3 Å². The van der Waals surface area contributed by atoms with Crippen molar-refractivity contribution in [3.8, 4) is 0 Å². The van der Waals surface area contributed by atoms with E-state index in [0.29, 0.717) is 11.3 Å². The number of amides is 2. The Hall–Kier alpha value is -4.08. The van der Waals surface area contributed by atoms with Crippen molar-refractivity contribution >= 4 is 40.6 Å². The molecule has 0 radical (unpaired) electrons. The molecule has 2 aromatic rings. The maximum atomic E-state index is 11.9. The quantitative estimate of drug-likeness (QED) is 0.278. The second-order valence-corrected chi connectivity index (χ2v) is 6.20. The first kappa shape index (κ1) is 22.2. The van der Waals surface area contributed by atoms with Gasteiger partial charge in [-0.05, 0) is 37.3 Å². The molecule has 0 bridgehead atoms. The summed E-state index contributed by atoms with van der Waals surface area (Å²) in [4.78, 5) is 56.7. The number of carbonyl (C=O) groups is 4. The standard InChI is InChI=1S/C20H19N3O7/c1-13(24)14-5-7-15(8-6-14)21-19(26)12-30-20(27)10-9-18(25)22-16-3-2-4-17(11-16)23(28)29/h2-8,11H,9-10,12H2,1H3,(H,21,26)(H,22,25). The number of benzene rings is 2. The summed E-state index contributed by atoms with van der Waals surface area (Å²) < 4.78 is 4.81. The Bertz CT molecular complexity index is 971. The van der Waals surface area contributed by atoms with Crippen molar-refractivity contribution in [2.24, 2.45) is 0 Å². The first-order chi connectivity index (χ1) is 14.2. The van der Waals surface area contributed by atoms with Crippen LogP contribution in [-0.2, 0) is 19.1 Å². The number of hydrogen-bond acceptors (Lipinski definition) is 7. The van der Waals surface area contributed by atoms with Crippen LogP contribution in [0.15, 0.2) is 48.5 Å². The first-order valence-electron chi connectivity index (χ1n) is 8.85. The third-order valence-corrected chi connectivity index (χ3v) is 3.84. The lowest BCUT2D eigenvalue weighted by atomic mass is 10.1. The lowest BCUT2D eigenvalue weighted by Gasteiger charge is -2.07. The minimum Gasteiger partial charge on any atom is -0.456 e. The predicted octanol–water partition coefficient (Wildman–Crippen LogP) is 2.70. The van der Waals surface area contributed by atoms with Gasteiger partial charge < -0.3 is 15.4 Å². The van der Waals surface area contributed by atoms with Crippen LogP contribution in [0, 0.1) is 10.1 Å². The first-order valence-corrected chi connectivity index (χ1v) is 8.85. The fourth-order valence-corrected chi connectivity index (χ4v) is 2.34. The summed E-state index contributed by atoms with van der Waals surface area (Å²) in [5.74, 6) is -1.94. The van der Waals surface area contributed by atoms with E-state index in [-0.39, 0.29) is 30.0 Å². The van der Waals surface area contributed by atoms with E-state index in [1.807, 2.05) is 0 Å². The van der Waals surface area contributed by atoms with Gasteiger partial charge in [0.25, 0.3) is 11.6 Å².